The van der Waals surface area contributed by atoms with Crippen LogP contribution >= 0.6 is 0 Å². The van der Waals surface area contributed by atoms with Gasteiger partial charge in [-0.2, -0.15) is 0 Å². The first-order valence-corrected chi connectivity index (χ1v) is 4.82. The summed E-state index contributed by atoms with van der Waals surface area (Å²) in [6.45, 7) is 5.10. The Hall–Kier alpha value is -1.69. The number of carboxylic acids is 1. The lowest BCUT2D eigenvalue weighted by Crippen LogP contribution is -2.35. The summed E-state index contributed by atoms with van der Waals surface area (Å²) >= 11 is 0. The number of nitrogens with one attached hydrogen (secondary N) is 1. The van der Waals surface area contributed by atoms with E-state index in [4.69, 9.17) is 10.2 Å². The van der Waals surface area contributed by atoms with E-state index in [1.807, 2.05) is 0 Å². The molecule has 0 amide bonds. The van der Waals surface area contributed by atoms with Gasteiger partial charge in [-0.3, -0.25) is 0 Å². The van der Waals surface area contributed by atoms with Crippen LogP contribution in [0.4, 0.5) is 5.95 Å². The molecule has 0 saturated heterocycles. The van der Waals surface area contributed by atoms with Gasteiger partial charge in [0, 0.05) is 6.20 Å². The van der Waals surface area contributed by atoms with E-state index in [2.05, 4.69) is 15.3 Å². The average Bonchev–Trinajstić information content (AvgIpc) is 2.16. The highest BCUT2D eigenvalue weighted by Gasteiger charge is 2.18. The molecule has 88 valence electrons. The molecular weight excluding hydrogens is 210 g/mol. The highest BCUT2D eigenvalue weighted by molar-refractivity contribution is 5.88. The lowest BCUT2D eigenvalue weighted by atomic mass is 10.1. The van der Waals surface area contributed by atoms with Gasteiger partial charge in [-0.1, -0.05) is 0 Å². The standard InChI is InChI=1S/C10H15N3O3/c1-6-7(8(15)16)4-11-9(12-6)13-10(2,3)5-14/h4,14H,5H2,1-3H3,(H,15,16)(H,11,12,13). The van der Waals surface area contributed by atoms with E-state index in [1.165, 1.54) is 6.20 Å². The molecule has 0 aliphatic rings. The highest BCUT2D eigenvalue weighted by atomic mass is 16.4. The number of nitrogens with zero attached hydrogens (tertiary/aromatic N) is 2. The number of anilines is 1. The third kappa shape index (κ3) is 2.90. The lowest BCUT2D eigenvalue weighted by molar-refractivity contribution is 0.0695. The summed E-state index contributed by atoms with van der Waals surface area (Å²) in [4.78, 5) is 18.6. The molecule has 1 aromatic rings. The van der Waals surface area contributed by atoms with E-state index in [1.54, 1.807) is 20.8 Å². The molecule has 0 spiro atoms. The van der Waals surface area contributed by atoms with Gasteiger partial charge in [0.15, 0.2) is 0 Å². The normalized spacial score (nSPS) is 11.2. The van der Waals surface area contributed by atoms with Crippen LogP contribution in [0.5, 0.6) is 0 Å². The number of aryl methyl sites for hydroxylation is 1. The molecule has 1 rings (SSSR count). The molecular formula is C10H15N3O3. The molecule has 0 aliphatic carbocycles. The van der Waals surface area contributed by atoms with E-state index in [0.29, 0.717) is 11.6 Å². The number of hydrogen-bond acceptors (Lipinski definition) is 5. The summed E-state index contributed by atoms with van der Waals surface area (Å²) in [5, 5.41) is 20.8. The molecule has 0 radical (unpaired) electrons. The van der Waals surface area contributed by atoms with Crippen molar-refractivity contribution in [1.29, 1.82) is 0 Å². The van der Waals surface area contributed by atoms with Gasteiger partial charge >= 0.3 is 5.97 Å². The summed E-state index contributed by atoms with van der Waals surface area (Å²) in [7, 11) is 0. The van der Waals surface area contributed by atoms with Crippen molar-refractivity contribution in [2.75, 3.05) is 11.9 Å². The number of rotatable bonds is 4. The van der Waals surface area contributed by atoms with E-state index in [9.17, 15) is 4.79 Å². The van der Waals surface area contributed by atoms with Crippen molar-refractivity contribution in [2.45, 2.75) is 26.3 Å². The van der Waals surface area contributed by atoms with Crippen LogP contribution in [0.15, 0.2) is 6.20 Å². The Morgan fingerprint density at radius 1 is 1.56 bits per heavy atom. The fraction of sp³-hybridized carbons (Fsp3) is 0.500. The van der Waals surface area contributed by atoms with Crippen molar-refractivity contribution < 1.29 is 15.0 Å². The smallest absolute Gasteiger partial charge is 0.339 e. The van der Waals surface area contributed by atoms with Crippen LogP contribution in [0.25, 0.3) is 0 Å². The molecule has 0 unspecified atom stereocenters. The van der Waals surface area contributed by atoms with Crippen molar-refractivity contribution in [3.8, 4) is 0 Å². The monoisotopic (exact) mass is 225 g/mol. The van der Waals surface area contributed by atoms with E-state index < -0.39 is 11.5 Å². The van der Waals surface area contributed by atoms with Crippen LogP contribution in [0.3, 0.4) is 0 Å². The third-order valence-electron chi connectivity index (χ3n) is 2.06. The van der Waals surface area contributed by atoms with Crippen molar-refractivity contribution in [1.82, 2.24) is 9.97 Å². The first-order chi connectivity index (χ1) is 7.35. The Labute approximate surface area is 93.4 Å². The zero-order valence-electron chi connectivity index (χ0n) is 9.48. The molecule has 6 nitrogen and oxygen atoms in total. The van der Waals surface area contributed by atoms with Crippen LogP contribution in [0.2, 0.25) is 0 Å². The molecule has 16 heavy (non-hydrogen) atoms. The van der Waals surface area contributed by atoms with E-state index in [0.717, 1.165) is 0 Å². The Kier molecular flexibility index (Phi) is 3.44. The van der Waals surface area contributed by atoms with E-state index in [-0.39, 0.29) is 12.2 Å². The largest absolute Gasteiger partial charge is 0.478 e. The molecule has 0 aromatic carbocycles. The molecule has 3 N–H and O–H groups in total. The molecule has 0 aliphatic heterocycles. The van der Waals surface area contributed by atoms with Crippen molar-refractivity contribution >= 4 is 11.9 Å². The van der Waals surface area contributed by atoms with Gasteiger partial charge in [0.2, 0.25) is 5.95 Å². The zero-order valence-corrected chi connectivity index (χ0v) is 9.48. The van der Waals surface area contributed by atoms with Crippen molar-refractivity contribution in [3.63, 3.8) is 0 Å². The van der Waals surface area contributed by atoms with Gasteiger partial charge in [-0.15, -0.1) is 0 Å². The topological polar surface area (TPSA) is 95.3 Å². The second-order valence-corrected chi connectivity index (χ2v) is 4.16. The molecule has 0 fully saturated rings. The minimum absolute atomic E-state index is 0.0733. The second-order valence-electron chi connectivity index (χ2n) is 4.16. The maximum Gasteiger partial charge on any atom is 0.339 e. The number of aromatic carboxylic acids is 1. The molecule has 0 atom stereocenters. The minimum Gasteiger partial charge on any atom is -0.478 e. The predicted octanol–water partition coefficient (Wildman–Crippen LogP) is 0.666. The van der Waals surface area contributed by atoms with Crippen molar-refractivity contribution in [3.05, 3.63) is 17.5 Å². The Bertz CT molecular complexity index is 404. The maximum atomic E-state index is 10.7. The van der Waals surface area contributed by atoms with Gasteiger partial charge < -0.3 is 15.5 Å². The van der Waals surface area contributed by atoms with Crippen LogP contribution in [-0.2, 0) is 0 Å². The SMILES string of the molecule is Cc1nc(NC(C)(C)CO)ncc1C(=O)O. The molecule has 1 heterocycles. The molecule has 1 aromatic heterocycles. The molecule has 0 bridgehead atoms. The van der Waals surface area contributed by atoms with Gasteiger partial charge in [0.1, 0.15) is 0 Å². The number of hydrogen-bond donors (Lipinski definition) is 3. The fourth-order valence-corrected chi connectivity index (χ4v) is 1.08. The number of aromatic nitrogens is 2. The molecule has 6 heteroatoms. The fourth-order valence-electron chi connectivity index (χ4n) is 1.08. The van der Waals surface area contributed by atoms with Crippen LogP contribution in [0, 0.1) is 6.92 Å². The van der Waals surface area contributed by atoms with Gasteiger partial charge in [0.05, 0.1) is 23.4 Å². The quantitative estimate of drug-likeness (QED) is 0.697. The Balaban J connectivity index is 2.94. The first kappa shape index (κ1) is 12.4. The maximum absolute atomic E-state index is 10.7. The second kappa shape index (κ2) is 4.44. The number of aliphatic hydroxyl groups excluding tert-OH is 1. The minimum atomic E-state index is -1.05. The number of carbonyl (C=O) groups is 1. The van der Waals surface area contributed by atoms with Crippen LogP contribution in [-0.4, -0.2) is 38.3 Å². The Morgan fingerprint density at radius 3 is 2.62 bits per heavy atom. The Morgan fingerprint density at radius 2 is 2.19 bits per heavy atom. The first-order valence-electron chi connectivity index (χ1n) is 4.82. The summed E-state index contributed by atoms with van der Waals surface area (Å²) < 4.78 is 0. The predicted molar refractivity (Wildman–Crippen MR) is 58.5 cm³/mol. The van der Waals surface area contributed by atoms with Crippen molar-refractivity contribution in [2.24, 2.45) is 0 Å². The van der Waals surface area contributed by atoms with E-state index >= 15 is 0 Å². The van der Waals surface area contributed by atoms with Gasteiger partial charge in [-0.25, -0.2) is 14.8 Å². The summed E-state index contributed by atoms with van der Waals surface area (Å²) in [6.07, 6.45) is 1.25. The number of aliphatic hydroxyl groups is 1. The van der Waals surface area contributed by atoms with Crippen LogP contribution < -0.4 is 5.32 Å². The zero-order chi connectivity index (χ0) is 12.3. The summed E-state index contributed by atoms with van der Waals surface area (Å²) in [5.74, 6) is -0.744. The summed E-state index contributed by atoms with van der Waals surface area (Å²) in [5.41, 5.74) is -0.0805. The summed E-state index contributed by atoms with van der Waals surface area (Å²) in [6, 6.07) is 0. The lowest BCUT2D eigenvalue weighted by Gasteiger charge is -2.23. The average molecular weight is 225 g/mol. The number of carboxylic acid groups (broad SMARTS) is 1. The van der Waals surface area contributed by atoms with Gasteiger partial charge in [0.25, 0.3) is 0 Å². The molecule has 0 saturated carbocycles. The van der Waals surface area contributed by atoms with Gasteiger partial charge in [-0.05, 0) is 20.8 Å². The third-order valence-corrected chi connectivity index (χ3v) is 2.06. The van der Waals surface area contributed by atoms with Crippen LogP contribution in [0.1, 0.15) is 29.9 Å². The highest BCUT2D eigenvalue weighted by Crippen LogP contribution is 2.12.